The molecule has 0 spiro atoms. The molecule has 0 atom stereocenters. The van der Waals surface area contributed by atoms with Gasteiger partial charge in [-0.05, 0) is 42.1 Å². The first-order chi connectivity index (χ1) is 12.5. The highest BCUT2D eigenvalue weighted by Crippen LogP contribution is 2.33. The van der Waals surface area contributed by atoms with Crippen LogP contribution in [0.3, 0.4) is 0 Å². The number of ether oxygens (including phenoxy) is 1. The molecule has 0 aliphatic carbocycles. The van der Waals surface area contributed by atoms with Crippen LogP contribution in [-0.2, 0) is 11.2 Å². The standard InChI is InChI=1S/C19H18ClN3O2S/c1-12-8-16(17(25-2)10-15(12)20)22-13-5-6-18(21-11-13)23-19(24)9-14-4-3-7-26-14/h3-8,10-11,22H,9H2,1-2H3,(H,21,23,24). The van der Waals surface area contributed by atoms with Gasteiger partial charge in [-0.25, -0.2) is 4.98 Å². The van der Waals surface area contributed by atoms with Crippen LogP contribution >= 0.6 is 22.9 Å². The number of hydrogen-bond acceptors (Lipinski definition) is 5. The number of nitrogens with one attached hydrogen (secondary N) is 2. The van der Waals surface area contributed by atoms with E-state index in [2.05, 4.69) is 15.6 Å². The first-order valence-corrected chi connectivity index (χ1v) is 9.20. The molecule has 7 heteroatoms. The predicted molar refractivity (Wildman–Crippen MR) is 107 cm³/mol. The van der Waals surface area contributed by atoms with Gasteiger partial charge in [0.1, 0.15) is 11.6 Å². The Morgan fingerprint density at radius 1 is 1.31 bits per heavy atom. The molecule has 5 nitrogen and oxygen atoms in total. The molecule has 0 saturated heterocycles. The molecular weight excluding hydrogens is 370 g/mol. The predicted octanol–water partition coefficient (Wildman–Crippen LogP) is 5.04. The topological polar surface area (TPSA) is 63.2 Å². The Balaban J connectivity index is 1.66. The molecule has 1 aromatic carbocycles. The summed E-state index contributed by atoms with van der Waals surface area (Å²) in [6.45, 7) is 1.93. The summed E-state index contributed by atoms with van der Waals surface area (Å²) in [5.74, 6) is 1.07. The van der Waals surface area contributed by atoms with Gasteiger partial charge in [-0.1, -0.05) is 17.7 Å². The summed E-state index contributed by atoms with van der Waals surface area (Å²) in [7, 11) is 1.59. The molecule has 0 bridgehead atoms. The highest BCUT2D eigenvalue weighted by atomic mass is 35.5. The Morgan fingerprint density at radius 3 is 2.81 bits per heavy atom. The number of carbonyl (C=O) groups is 1. The Morgan fingerprint density at radius 2 is 2.15 bits per heavy atom. The second-order valence-electron chi connectivity index (χ2n) is 5.66. The quantitative estimate of drug-likeness (QED) is 0.622. The number of amides is 1. The molecule has 2 N–H and O–H groups in total. The summed E-state index contributed by atoms with van der Waals surface area (Å²) >= 11 is 7.69. The van der Waals surface area contributed by atoms with Gasteiger partial charge in [0.15, 0.2) is 0 Å². The van der Waals surface area contributed by atoms with Crippen LogP contribution in [0.2, 0.25) is 5.02 Å². The van der Waals surface area contributed by atoms with Crippen molar-refractivity contribution in [1.29, 1.82) is 0 Å². The fourth-order valence-corrected chi connectivity index (χ4v) is 3.24. The highest BCUT2D eigenvalue weighted by Gasteiger charge is 2.09. The minimum Gasteiger partial charge on any atom is -0.495 e. The smallest absolute Gasteiger partial charge is 0.230 e. The van der Waals surface area contributed by atoms with Crippen molar-refractivity contribution >= 4 is 46.0 Å². The Kier molecular flexibility index (Phi) is 5.75. The maximum absolute atomic E-state index is 12.0. The SMILES string of the molecule is COc1cc(Cl)c(C)cc1Nc1ccc(NC(=O)Cc2cccs2)nc1. The molecule has 0 unspecified atom stereocenters. The molecule has 2 aromatic heterocycles. The molecule has 3 aromatic rings. The van der Waals surface area contributed by atoms with Gasteiger partial charge in [0, 0.05) is 16.0 Å². The number of nitrogens with zero attached hydrogens (tertiary/aromatic N) is 1. The maximum Gasteiger partial charge on any atom is 0.230 e. The number of aromatic nitrogens is 1. The molecule has 0 saturated carbocycles. The van der Waals surface area contributed by atoms with Crippen molar-refractivity contribution in [3.05, 3.63) is 63.4 Å². The van der Waals surface area contributed by atoms with Crippen LogP contribution < -0.4 is 15.4 Å². The van der Waals surface area contributed by atoms with E-state index in [0.29, 0.717) is 23.0 Å². The molecule has 1 amide bonds. The lowest BCUT2D eigenvalue weighted by Gasteiger charge is -2.13. The fraction of sp³-hybridized carbons (Fsp3) is 0.158. The number of benzene rings is 1. The number of methoxy groups -OCH3 is 1. The second kappa shape index (κ2) is 8.21. The average Bonchev–Trinajstić information content (AvgIpc) is 3.12. The summed E-state index contributed by atoms with van der Waals surface area (Å²) in [6.07, 6.45) is 2.00. The molecule has 0 aliphatic rings. The van der Waals surface area contributed by atoms with Crippen LogP contribution in [0.5, 0.6) is 5.75 Å². The van der Waals surface area contributed by atoms with Crippen LogP contribution in [-0.4, -0.2) is 18.0 Å². The summed E-state index contributed by atoms with van der Waals surface area (Å²) in [6, 6.07) is 11.1. The van der Waals surface area contributed by atoms with Gasteiger partial charge in [-0.3, -0.25) is 4.79 Å². The second-order valence-corrected chi connectivity index (χ2v) is 7.10. The van der Waals surface area contributed by atoms with Crippen molar-refractivity contribution in [1.82, 2.24) is 4.98 Å². The number of carbonyl (C=O) groups excluding carboxylic acids is 1. The minimum absolute atomic E-state index is 0.0874. The maximum atomic E-state index is 12.0. The Hall–Kier alpha value is -2.57. The third kappa shape index (κ3) is 4.53. The third-order valence-corrected chi connectivity index (χ3v) is 4.99. The van der Waals surface area contributed by atoms with Crippen molar-refractivity contribution in [3.63, 3.8) is 0 Å². The molecule has 26 heavy (non-hydrogen) atoms. The largest absolute Gasteiger partial charge is 0.495 e. The van der Waals surface area contributed by atoms with E-state index in [0.717, 1.165) is 21.8 Å². The third-order valence-electron chi connectivity index (χ3n) is 3.71. The van der Waals surface area contributed by atoms with Crippen LogP contribution in [0.4, 0.5) is 17.2 Å². The number of halogens is 1. The number of pyridine rings is 1. The Labute approximate surface area is 161 Å². The molecular formula is C19H18ClN3O2S. The molecule has 0 aliphatic heterocycles. The molecule has 0 radical (unpaired) electrons. The lowest BCUT2D eigenvalue weighted by atomic mass is 10.2. The van der Waals surface area contributed by atoms with E-state index in [4.69, 9.17) is 16.3 Å². The van der Waals surface area contributed by atoms with E-state index in [1.54, 1.807) is 36.8 Å². The lowest BCUT2D eigenvalue weighted by Crippen LogP contribution is -2.14. The van der Waals surface area contributed by atoms with Gasteiger partial charge in [-0.2, -0.15) is 0 Å². The summed E-state index contributed by atoms with van der Waals surface area (Å²) in [5, 5.41) is 8.65. The zero-order chi connectivity index (χ0) is 18.5. The first-order valence-electron chi connectivity index (χ1n) is 7.94. The van der Waals surface area contributed by atoms with E-state index < -0.39 is 0 Å². The van der Waals surface area contributed by atoms with Crippen molar-refractivity contribution in [2.75, 3.05) is 17.7 Å². The van der Waals surface area contributed by atoms with Crippen LogP contribution in [0.15, 0.2) is 48.0 Å². The molecule has 0 fully saturated rings. The number of thiophene rings is 1. The van der Waals surface area contributed by atoms with Gasteiger partial charge >= 0.3 is 0 Å². The van der Waals surface area contributed by atoms with Crippen molar-refractivity contribution in [3.8, 4) is 5.75 Å². The number of hydrogen-bond donors (Lipinski definition) is 2. The van der Waals surface area contributed by atoms with Gasteiger partial charge in [0.25, 0.3) is 0 Å². The van der Waals surface area contributed by atoms with E-state index >= 15 is 0 Å². The average molecular weight is 388 g/mol. The normalized spacial score (nSPS) is 10.4. The molecule has 2 heterocycles. The van der Waals surface area contributed by atoms with E-state index in [1.165, 1.54) is 0 Å². The van der Waals surface area contributed by atoms with Crippen molar-refractivity contribution in [2.24, 2.45) is 0 Å². The minimum atomic E-state index is -0.0874. The van der Waals surface area contributed by atoms with Crippen molar-refractivity contribution < 1.29 is 9.53 Å². The number of anilines is 3. The summed E-state index contributed by atoms with van der Waals surface area (Å²) in [4.78, 5) is 17.3. The van der Waals surface area contributed by atoms with Gasteiger partial charge in [0.05, 0.1) is 31.1 Å². The van der Waals surface area contributed by atoms with Crippen LogP contribution in [0, 0.1) is 6.92 Å². The summed E-state index contributed by atoms with van der Waals surface area (Å²) in [5.41, 5.74) is 2.52. The van der Waals surface area contributed by atoms with Gasteiger partial charge in [-0.15, -0.1) is 11.3 Å². The summed E-state index contributed by atoms with van der Waals surface area (Å²) < 4.78 is 5.36. The Bertz CT molecular complexity index is 896. The zero-order valence-electron chi connectivity index (χ0n) is 14.4. The number of rotatable bonds is 6. The number of aryl methyl sites for hydroxylation is 1. The molecule has 134 valence electrons. The van der Waals surface area contributed by atoms with Crippen molar-refractivity contribution in [2.45, 2.75) is 13.3 Å². The van der Waals surface area contributed by atoms with Gasteiger partial charge < -0.3 is 15.4 Å². The van der Waals surface area contributed by atoms with E-state index in [-0.39, 0.29) is 5.91 Å². The van der Waals surface area contributed by atoms with E-state index in [1.807, 2.05) is 36.6 Å². The van der Waals surface area contributed by atoms with Crippen LogP contribution in [0.25, 0.3) is 0 Å². The first kappa shape index (κ1) is 18.2. The zero-order valence-corrected chi connectivity index (χ0v) is 15.9. The van der Waals surface area contributed by atoms with E-state index in [9.17, 15) is 4.79 Å². The molecule has 3 rings (SSSR count). The monoisotopic (exact) mass is 387 g/mol. The highest BCUT2D eigenvalue weighted by molar-refractivity contribution is 7.10. The van der Waals surface area contributed by atoms with Gasteiger partial charge in [0.2, 0.25) is 5.91 Å². The fourth-order valence-electron chi connectivity index (χ4n) is 2.39. The lowest BCUT2D eigenvalue weighted by molar-refractivity contribution is -0.115. The van der Waals surface area contributed by atoms with Crippen LogP contribution in [0.1, 0.15) is 10.4 Å².